The Balaban J connectivity index is 2.51. The molecule has 0 amide bonds. The molecule has 0 unspecified atom stereocenters. The highest BCUT2D eigenvalue weighted by Gasteiger charge is 2.15. The summed E-state index contributed by atoms with van der Waals surface area (Å²) in [6.45, 7) is 9.05. The maximum Gasteiger partial charge on any atom is 0.141 e. The van der Waals surface area contributed by atoms with Crippen molar-refractivity contribution in [2.24, 2.45) is 0 Å². The van der Waals surface area contributed by atoms with E-state index in [1.807, 2.05) is 13.8 Å². The van der Waals surface area contributed by atoms with Gasteiger partial charge in [0.05, 0.1) is 0 Å². The van der Waals surface area contributed by atoms with Crippen LogP contribution in [0.15, 0.2) is 24.3 Å². The van der Waals surface area contributed by atoms with Crippen molar-refractivity contribution in [3.63, 3.8) is 0 Å². The molecule has 2 N–H and O–H groups in total. The first-order valence-electron chi connectivity index (χ1n) is 7.04. The van der Waals surface area contributed by atoms with E-state index in [0.717, 1.165) is 35.9 Å². The summed E-state index contributed by atoms with van der Waals surface area (Å²) >= 11 is 0. The molecule has 0 saturated carbocycles. The van der Waals surface area contributed by atoms with Crippen LogP contribution >= 0.6 is 0 Å². The summed E-state index contributed by atoms with van der Waals surface area (Å²) in [7, 11) is 0. The predicted octanol–water partition coefficient (Wildman–Crippen LogP) is 3.40. The average molecular weight is 270 g/mol. The normalized spacial score (nSPS) is 10.6. The molecule has 0 bridgehead atoms. The number of aromatic nitrogens is 2. The third-order valence-corrected chi connectivity index (χ3v) is 3.44. The molecule has 0 aliphatic carbocycles. The van der Waals surface area contributed by atoms with Crippen LogP contribution in [0, 0.1) is 13.8 Å². The standard InChI is InChI=1S/C16H22N4/c1-5-14-18-15(17)12(4)16(19-14)20(6-2)13-9-7-11(3)8-10-13/h7-10H,5-6H2,1-4H3,(H2,17,18,19). The lowest BCUT2D eigenvalue weighted by atomic mass is 10.2. The van der Waals surface area contributed by atoms with E-state index in [-0.39, 0.29) is 0 Å². The second-order valence-corrected chi connectivity index (χ2v) is 4.91. The molecular formula is C16H22N4. The molecule has 0 saturated heterocycles. The lowest BCUT2D eigenvalue weighted by molar-refractivity contribution is 0.896. The van der Waals surface area contributed by atoms with E-state index >= 15 is 0 Å². The maximum absolute atomic E-state index is 6.01. The minimum Gasteiger partial charge on any atom is -0.383 e. The van der Waals surface area contributed by atoms with Gasteiger partial charge in [0.2, 0.25) is 0 Å². The molecular weight excluding hydrogens is 248 g/mol. The van der Waals surface area contributed by atoms with Crippen LogP contribution in [0.4, 0.5) is 17.3 Å². The van der Waals surface area contributed by atoms with Crippen LogP contribution in [-0.2, 0) is 6.42 Å². The summed E-state index contributed by atoms with van der Waals surface area (Å²) in [5, 5.41) is 0. The smallest absolute Gasteiger partial charge is 0.141 e. The highest BCUT2D eigenvalue weighted by atomic mass is 15.2. The summed E-state index contributed by atoms with van der Waals surface area (Å²) in [5.41, 5.74) is 9.32. The van der Waals surface area contributed by atoms with E-state index in [2.05, 4.69) is 53.0 Å². The van der Waals surface area contributed by atoms with E-state index in [4.69, 9.17) is 5.73 Å². The van der Waals surface area contributed by atoms with Gasteiger partial charge in [-0.1, -0.05) is 24.6 Å². The Morgan fingerprint density at radius 1 is 1.05 bits per heavy atom. The van der Waals surface area contributed by atoms with Gasteiger partial charge in [0.25, 0.3) is 0 Å². The number of benzene rings is 1. The van der Waals surface area contributed by atoms with Gasteiger partial charge in [0.15, 0.2) is 0 Å². The van der Waals surface area contributed by atoms with Crippen LogP contribution in [0.1, 0.15) is 30.8 Å². The molecule has 0 fully saturated rings. The van der Waals surface area contributed by atoms with E-state index in [1.165, 1.54) is 5.56 Å². The zero-order valence-corrected chi connectivity index (χ0v) is 12.6. The van der Waals surface area contributed by atoms with Crippen LogP contribution in [0.2, 0.25) is 0 Å². The largest absolute Gasteiger partial charge is 0.383 e. The van der Waals surface area contributed by atoms with E-state index in [0.29, 0.717) is 5.82 Å². The van der Waals surface area contributed by atoms with Gasteiger partial charge >= 0.3 is 0 Å². The molecule has 1 aromatic carbocycles. The molecule has 4 heteroatoms. The molecule has 20 heavy (non-hydrogen) atoms. The van der Waals surface area contributed by atoms with E-state index in [1.54, 1.807) is 0 Å². The van der Waals surface area contributed by atoms with Crippen molar-refractivity contribution in [1.29, 1.82) is 0 Å². The van der Waals surface area contributed by atoms with Crippen molar-refractivity contribution < 1.29 is 0 Å². The molecule has 1 heterocycles. The number of hydrogen-bond acceptors (Lipinski definition) is 4. The molecule has 106 valence electrons. The summed E-state index contributed by atoms with van der Waals surface area (Å²) in [6.07, 6.45) is 0.781. The zero-order valence-electron chi connectivity index (χ0n) is 12.6. The molecule has 0 spiro atoms. The fourth-order valence-corrected chi connectivity index (χ4v) is 2.17. The van der Waals surface area contributed by atoms with Gasteiger partial charge in [-0.2, -0.15) is 0 Å². The number of anilines is 3. The first-order chi connectivity index (χ1) is 9.56. The van der Waals surface area contributed by atoms with Crippen LogP contribution in [0.5, 0.6) is 0 Å². The lowest BCUT2D eigenvalue weighted by Gasteiger charge is -2.25. The fourth-order valence-electron chi connectivity index (χ4n) is 2.17. The van der Waals surface area contributed by atoms with E-state index < -0.39 is 0 Å². The molecule has 0 atom stereocenters. The molecule has 0 aliphatic rings. The second-order valence-electron chi connectivity index (χ2n) is 4.91. The maximum atomic E-state index is 6.01. The SMILES string of the molecule is CCc1nc(N)c(C)c(N(CC)c2ccc(C)cc2)n1. The first kappa shape index (κ1) is 14.3. The van der Waals surface area contributed by atoms with Crippen molar-refractivity contribution in [3.8, 4) is 0 Å². The minimum absolute atomic E-state index is 0.567. The van der Waals surface area contributed by atoms with Crippen molar-refractivity contribution >= 4 is 17.3 Å². The van der Waals surface area contributed by atoms with Gasteiger partial charge in [0, 0.05) is 24.2 Å². The second kappa shape index (κ2) is 5.90. The topological polar surface area (TPSA) is 55.0 Å². The van der Waals surface area contributed by atoms with Gasteiger partial charge in [-0.05, 0) is 32.9 Å². The van der Waals surface area contributed by atoms with Gasteiger partial charge in [-0.3, -0.25) is 0 Å². The number of nitrogen functional groups attached to an aromatic ring is 1. The Morgan fingerprint density at radius 3 is 2.25 bits per heavy atom. The molecule has 4 nitrogen and oxygen atoms in total. The lowest BCUT2D eigenvalue weighted by Crippen LogP contribution is -2.20. The van der Waals surface area contributed by atoms with Crippen molar-refractivity contribution in [2.75, 3.05) is 17.2 Å². The quantitative estimate of drug-likeness (QED) is 0.925. The van der Waals surface area contributed by atoms with Crippen molar-refractivity contribution in [2.45, 2.75) is 34.1 Å². The average Bonchev–Trinajstić information content (AvgIpc) is 2.45. The Morgan fingerprint density at radius 2 is 1.70 bits per heavy atom. The molecule has 2 aromatic rings. The number of nitrogens with zero attached hydrogens (tertiary/aromatic N) is 3. The van der Waals surface area contributed by atoms with Crippen molar-refractivity contribution in [1.82, 2.24) is 9.97 Å². The van der Waals surface area contributed by atoms with Crippen LogP contribution < -0.4 is 10.6 Å². The third kappa shape index (κ3) is 2.74. The summed E-state index contributed by atoms with van der Waals surface area (Å²) in [6, 6.07) is 8.45. The number of aryl methyl sites for hydroxylation is 2. The zero-order chi connectivity index (χ0) is 14.7. The number of rotatable bonds is 4. The third-order valence-electron chi connectivity index (χ3n) is 3.44. The van der Waals surface area contributed by atoms with Gasteiger partial charge in [-0.25, -0.2) is 9.97 Å². The molecule has 2 rings (SSSR count). The fraction of sp³-hybridized carbons (Fsp3) is 0.375. The molecule has 1 aromatic heterocycles. The van der Waals surface area contributed by atoms with Crippen molar-refractivity contribution in [3.05, 3.63) is 41.2 Å². The molecule has 0 aliphatic heterocycles. The Hall–Kier alpha value is -2.10. The first-order valence-corrected chi connectivity index (χ1v) is 7.04. The van der Waals surface area contributed by atoms with Crippen LogP contribution in [-0.4, -0.2) is 16.5 Å². The predicted molar refractivity (Wildman–Crippen MR) is 84.4 cm³/mol. The number of hydrogen-bond donors (Lipinski definition) is 1. The van der Waals surface area contributed by atoms with Crippen LogP contribution in [0.25, 0.3) is 0 Å². The van der Waals surface area contributed by atoms with Crippen LogP contribution in [0.3, 0.4) is 0 Å². The Kier molecular flexibility index (Phi) is 4.23. The van der Waals surface area contributed by atoms with Gasteiger partial charge < -0.3 is 10.6 Å². The summed E-state index contributed by atoms with van der Waals surface area (Å²) < 4.78 is 0. The summed E-state index contributed by atoms with van der Waals surface area (Å²) in [4.78, 5) is 11.1. The van der Waals surface area contributed by atoms with Gasteiger partial charge in [-0.15, -0.1) is 0 Å². The minimum atomic E-state index is 0.567. The molecule has 0 radical (unpaired) electrons. The monoisotopic (exact) mass is 270 g/mol. The van der Waals surface area contributed by atoms with E-state index in [9.17, 15) is 0 Å². The highest BCUT2D eigenvalue weighted by molar-refractivity contribution is 5.66. The Labute approximate surface area is 120 Å². The Bertz CT molecular complexity index is 590. The number of nitrogens with two attached hydrogens (primary N) is 1. The highest BCUT2D eigenvalue weighted by Crippen LogP contribution is 2.28. The van der Waals surface area contributed by atoms with Gasteiger partial charge in [0.1, 0.15) is 17.5 Å². The summed E-state index contributed by atoms with van der Waals surface area (Å²) in [5.74, 6) is 2.26.